The number of carbonyl (C=O) groups excluding carboxylic acids is 1. The van der Waals surface area contributed by atoms with Crippen molar-refractivity contribution in [3.05, 3.63) is 78.5 Å². The number of nitrogens with one attached hydrogen (secondary N) is 2. The van der Waals surface area contributed by atoms with E-state index in [1.807, 2.05) is 36.4 Å². The Hall–Kier alpha value is -4.26. The zero-order chi connectivity index (χ0) is 25.0. The molecule has 3 aromatic carbocycles. The molecule has 0 fully saturated rings. The highest BCUT2D eigenvalue weighted by atomic mass is 16.5. The number of ether oxygens (including phenoxy) is 3. The van der Waals surface area contributed by atoms with Gasteiger partial charge in [-0.25, -0.2) is 4.79 Å². The number of hydrogen-bond donors (Lipinski definition) is 2. The van der Waals surface area contributed by atoms with Crippen molar-refractivity contribution in [3.63, 3.8) is 0 Å². The van der Waals surface area contributed by atoms with Gasteiger partial charge < -0.3 is 24.8 Å². The summed E-state index contributed by atoms with van der Waals surface area (Å²) in [5, 5.41) is 6.49. The fourth-order valence-electron chi connectivity index (χ4n) is 3.62. The average Bonchev–Trinajstić information content (AvgIpc) is 2.84. The molecule has 0 aliphatic rings. The summed E-state index contributed by atoms with van der Waals surface area (Å²) < 4.78 is 16.9. The first-order valence-corrected chi connectivity index (χ1v) is 11.2. The van der Waals surface area contributed by atoms with Crippen molar-refractivity contribution in [3.8, 4) is 23.0 Å². The summed E-state index contributed by atoms with van der Waals surface area (Å²) in [6, 6.07) is 20.1. The predicted octanol–water partition coefficient (Wildman–Crippen LogP) is 6.99. The van der Waals surface area contributed by atoms with Crippen molar-refractivity contribution in [2.45, 2.75) is 26.2 Å². The first-order valence-electron chi connectivity index (χ1n) is 11.2. The third-order valence-corrected chi connectivity index (χ3v) is 5.56. The van der Waals surface area contributed by atoms with Gasteiger partial charge in [0.25, 0.3) is 0 Å². The highest BCUT2D eigenvalue weighted by Gasteiger charge is 2.14. The molecule has 2 N–H and O–H groups in total. The lowest BCUT2D eigenvalue weighted by Gasteiger charge is -2.19. The Kier molecular flexibility index (Phi) is 6.78. The molecule has 7 nitrogen and oxygen atoms in total. The van der Waals surface area contributed by atoms with Crippen molar-refractivity contribution in [2.24, 2.45) is 0 Å². The minimum absolute atomic E-state index is 0.0616. The lowest BCUT2D eigenvalue weighted by atomic mass is 9.87. The van der Waals surface area contributed by atoms with Crippen molar-refractivity contribution in [2.75, 3.05) is 24.9 Å². The predicted molar refractivity (Wildman–Crippen MR) is 139 cm³/mol. The van der Waals surface area contributed by atoms with Gasteiger partial charge in [0, 0.05) is 29.0 Å². The van der Waals surface area contributed by atoms with Gasteiger partial charge in [-0.05, 0) is 59.5 Å². The summed E-state index contributed by atoms with van der Waals surface area (Å²) in [7, 11) is 3.17. The minimum atomic E-state index is -0.316. The number of rotatable bonds is 6. The van der Waals surface area contributed by atoms with Crippen molar-refractivity contribution in [1.29, 1.82) is 0 Å². The van der Waals surface area contributed by atoms with Gasteiger partial charge in [0.2, 0.25) is 0 Å². The first-order chi connectivity index (χ1) is 16.8. The van der Waals surface area contributed by atoms with Crippen LogP contribution in [0.1, 0.15) is 26.3 Å². The van der Waals surface area contributed by atoms with Gasteiger partial charge >= 0.3 is 6.03 Å². The topological polar surface area (TPSA) is 81.7 Å². The van der Waals surface area contributed by atoms with Crippen LogP contribution in [0.25, 0.3) is 10.9 Å². The fourth-order valence-corrected chi connectivity index (χ4v) is 3.62. The minimum Gasteiger partial charge on any atom is -0.493 e. The molecular formula is C28H29N3O4. The van der Waals surface area contributed by atoms with Crippen LogP contribution in [0.4, 0.5) is 16.2 Å². The number of urea groups is 1. The Morgan fingerprint density at radius 2 is 1.34 bits per heavy atom. The number of anilines is 2. The Morgan fingerprint density at radius 1 is 0.771 bits per heavy atom. The molecule has 0 saturated carbocycles. The van der Waals surface area contributed by atoms with E-state index in [9.17, 15) is 4.79 Å². The van der Waals surface area contributed by atoms with E-state index in [1.165, 1.54) is 5.56 Å². The molecular weight excluding hydrogens is 442 g/mol. The summed E-state index contributed by atoms with van der Waals surface area (Å²) in [6.45, 7) is 6.46. The highest BCUT2D eigenvalue weighted by Crippen LogP contribution is 2.37. The van der Waals surface area contributed by atoms with Gasteiger partial charge in [0.05, 0.1) is 19.7 Å². The number of amides is 2. The lowest BCUT2D eigenvalue weighted by Crippen LogP contribution is -2.19. The molecule has 1 aromatic heterocycles. The molecule has 35 heavy (non-hydrogen) atoms. The maximum atomic E-state index is 12.4. The van der Waals surface area contributed by atoms with Gasteiger partial charge in [-0.1, -0.05) is 32.9 Å². The van der Waals surface area contributed by atoms with Crippen LogP contribution >= 0.6 is 0 Å². The smallest absolute Gasteiger partial charge is 0.323 e. The SMILES string of the molecule is COc1cc2nccc(Oc3ccc(NC(=O)Nc4ccc(C(C)(C)C)cc4)cc3)c2cc1OC. The standard InChI is InChI=1S/C28H29N3O4/c1-28(2,3)18-6-8-19(9-7-18)30-27(32)31-20-10-12-21(13-11-20)35-24-14-15-29-23-17-26(34-5)25(33-4)16-22(23)24/h6-17H,1-5H3,(H2,30,31,32). The van der Waals surface area contributed by atoms with Crippen LogP contribution in [0, 0.1) is 0 Å². The molecule has 180 valence electrons. The zero-order valence-corrected chi connectivity index (χ0v) is 20.5. The Labute approximate surface area is 205 Å². The van der Waals surface area contributed by atoms with Crippen molar-refractivity contribution < 1.29 is 19.0 Å². The molecule has 0 aliphatic carbocycles. The maximum absolute atomic E-state index is 12.4. The molecule has 7 heteroatoms. The molecule has 0 saturated heterocycles. The summed E-state index contributed by atoms with van der Waals surface area (Å²) in [5.41, 5.74) is 3.37. The van der Waals surface area contributed by atoms with E-state index in [-0.39, 0.29) is 11.4 Å². The first kappa shape index (κ1) is 23.9. The molecule has 0 radical (unpaired) electrons. The third-order valence-electron chi connectivity index (χ3n) is 5.56. The summed E-state index contributed by atoms with van der Waals surface area (Å²) in [6.07, 6.45) is 1.68. The van der Waals surface area contributed by atoms with Crippen molar-refractivity contribution in [1.82, 2.24) is 4.98 Å². The fraction of sp³-hybridized carbons (Fsp3) is 0.214. The molecule has 4 aromatic rings. The molecule has 1 heterocycles. The Bertz CT molecular complexity index is 1330. The molecule has 0 bridgehead atoms. The van der Waals surface area contributed by atoms with Crippen LogP contribution in [0.5, 0.6) is 23.0 Å². The van der Waals surface area contributed by atoms with E-state index in [2.05, 4.69) is 36.4 Å². The summed E-state index contributed by atoms with van der Waals surface area (Å²) >= 11 is 0. The Balaban J connectivity index is 1.43. The molecule has 0 atom stereocenters. The number of carbonyl (C=O) groups is 1. The number of methoxy groups -OCH3 is 2. The van der Waals surface area contributed by atoms with Crippen LogP contribution in [0.3, 0.4) is 0 Å². The van der Waals surface area contributed by atoms with E-state index < -0.39 is 0 Å². The number of aromatic nitrogens is 1. The van der Waals surface area contributed by atoms with E-state index in [0.717, 1.165) is 16.6 Å². The van der Waals surface area contributed by atoms with Crippen LogP contribution in [-0.4, -0.2) is 25.2 Å². The van der Waals surface area contributed by atoms with E-state index in [1.54, 1.807) is 50.7 Å². The number of benzene rings is 3. The molecule has 0 unspecified atom stereocenters. The van der Waals surface area contributed by atoms with Gasteiger partial charge in [0.15, 0.2) is 11.5 Å². The molecule has 0 spiro atoms. The second kappa shape index (κ2) is 9.93. The monoisotopic (exact) mass is 471 g/mol. The molecule has 0 aliphatic heterocycles. The number of hydrogen-bond acceptors (Lipinski definition) is 5. The second-order valence-electron chi connectivity index (χ2n) is 9.07. The van der Waals surface area contributed by atoms with Gasteiger partial charge in [0.1, 0.15) is 11.5 Å². The van der Waals surface area contributed by atoms with Crippen LogP contribution in [-0.2, 0) is 5.41 Å². The van der Waals surface area contributed by atoms with E-state index >= 15 is 0 Å². The quantitative estimate of drug-likeness (QED) is 0.317. The highest BCUT2D eigenvalue weighted by molar-refractivity contribution is 5.99. The zero-order valence-electron chi connectivity index (χ0n) is 20.5. The van der Waals surface area contributed by atoms with Crippen molar-refractivity contribution >= 4 is 28.3 Å². The maximum Gasteiger partial charge on any atom is 0.323 e. The van der Waals surface area contributed by atoms with E-state index in [0.29, 0.717) is 28.7 Å². The van der Waals surface area contributed by atoms with E-state index in [4.69, 9.17) is 14.2 Å². The normalized spacial score (nSPS) is 11.1. The van der Waals surface area contributed by atoms with Crippen LogP contribution in [0.15, 0.2) is 72.9 Å². The summed E-state index contributed by atoms with van der Waals surface area (Å²) in [4.78, 5) is 16.8. The second-order valence-corrected chi connectivity index (χ2v) is 9.07. The van der Waals surface area contributed by atoms with Gasteiger partial charge in [-0.15, -0.1) is 0 Å². The summed E-state index contributed by atoms with van der Waals surface area (Å²) in [5.74, 6) is 2.45. The Morgan fingerprint density at radius 3 is 1.91 bits per heavy atom. The lowest BCUT2D eigenvalue weighted by molar-refractivity contribution is 0.262. The molecule has 2 amide bonds. The van der Waals surface area contributed by atoms with Gasteiger partial charge in [-0.3, -0.25) is 4.98 Å². The van der Waals surface area contributed by atoms with Crippen LogP contribution < -0.4 is 24.8 Å². The molecule has 4 rings (SSSR count). The van der Waals surface area contributed by atoms with Gasteiger partial charge in [-0.2, -0.15) is 0 Å². The largest absolute Gasteiger partial charge is 0.493 e. The number of fused-ring (bicyclic) bond motifs is 1. The van der Waals surface area contributed by atoms with Crippen LogP contribution in [0.2, 0.25) is 0 Å². The average molecular weight is 472 g/mol. The third kappa shape index (κ3) is 5.63. The number of nitrogens with zero attached hydrogens (tertiary/aromatic N) is 1. The number of pyridine rings is 1.